The van der Waals surface area contributed by atoms with E-state index in [4.69, 9.17) is 17.3 Å². The largest absolute Gasteiger partial charge is 0.368 e. The van der Waals surface area contributed by atoms with E-state index < -0.39 is 23.1 Å². The number of aryl methyl sites for hydroxylation is 1. The van der Waals surface area contributed by atoms with E-state index in [1.807, 2.05) is 6.92 Å². The quantitative estimate of drug-likeness (QED) is 0.806. The van der Waals surface area contributed by atoms with Gasteiger partial charge in [0.1, 0.15) is 11.2 Å². The summed E-state index contributed by atoms with van der Waals surface area (Å²) in [7, 11) is 0. The first-order chi connectivity index (χ1) is 13.7. The standard InChI is InChI=1S/C21H19ClFN3O3/c1-11-2-4-13(23)7-14(11)16-8-19(28)26(9-18(24)27)10-21(16)15-5-3-12(22)6-17(15)25-20(21)29/h2-7,16H,8-10H2,1H3,(H2,24,27)(H,25,29)/t16-,21-/m1/s1. The first-order valence-electron chi connectivity index (χ1n) is 9.16. The minimum atomic E-state index is -1.18. The average Bonchev–Trinajstić information content (AvgIpc) is 2.91. The minimum absolute atomic E-state index is 0.0319. The van der Waals surface area contributed by atoms with Crippen LogP contribution in [-0.2, 0) is 19.8 Å². The Morgan fingerprint density at radius 1 is 1.31 bits per heavy atom. The summed E-state index contributed by atoms with van der Waals surface area (Å²) < 4.78 is 14.1. The first-order valence-corrected chi connectivity index (χ1v) is 9.54. The third kappa shape index (κ3) is 3.06. The predicted molar refractivity (Wildman–Crippen MR) is 106 cm³/mol. The van der Waals surface area contributed by atoms with Crippen molar-refractivity contribution in [1.82, 2.24) is 4.90 Å². The summed E-state index contributed by atoms with van der Waals surface area (Å²) in [5.74, 6) is -2.33. The van der Waals surface area contributed by atoms with E-state index in [2.05, 4.69) is 5.32 Å². The van der Waals surface area contributed by atoms with Crippen molar-refractivity contribution < 1.29 is 18.8 Å². The highest BCUT2D eigenvalue weighted by atomic mass is 35.5. The number of nitrogens with one attached hydrogen (secondary N) is 1. The third-order valence-corrected chi connectivity index (χ3v) is 6.08. The molecule has 0 aromatic heterocycles. The Kier molecular flexibility index (Phi) is 4.58. The van der Waals surface area contributed by atoms with Crippen LogP contribution in [0.3, 0.4) is 0 Å². The number of likely N-dealkylation sites (tertiary alicyclic amines) is 1. The number of hydrogen-bond donors (Lipinski definition) is 2. The van der Waals surface area contributed by atoms with Gasteiger partial charge in [-0.15, -0.1) is 0 Å². The predicted octanol–water partition coefficient (Wildman–Crippen LogP) is 2.48. The highest BCUT2D eigenvalue weighted by molar-refractivity contribution is 6.31. The summed E-state index contributed by atoms with van der Waals surface area (Å²) in [6.07, 6.45) is -0.0486. The number of amides is 3. The summed E-state index contributed by atoms with van der Waals surface area (Å²) in [6.45, 7) is 1.50. The van der Waals surface area contributed by atoms with Gasteiger partial charge in [0.25, 0.3) is 0 Å². The van der Waals surface area contributed by atoms with Crippen LogP contribution in [0.1, 0.15) is 29.0 Å². The van der Waals surface area contributed by atoms with Crippen molar-refractivity contribution in [3.05, 3.63) is 63.9 Å². The SMILES string of the molecule is Cc1ccc(F)cc1[C@H]1CC(=O)N(CC(N)=O)C[C@]12C(=O)Nc1cc(Cl)ccc12. The molecule has 2 heterocycles. The van der Waals surface area contributed by atoms with Crippen LogP contribution in [-0.4, -0.2) is 35.7 Å². The van der Waals surface area contributed by atoms with Gasteiger partial charge < -0.3 is 16.0 Å². The van der Waals surface area contributed by atoms with Crippen LogP contribution in [0.5, 0.6) is 0 Å². The van der Waals surface area contributed by atoms with Gasteiger partial charge in [0.2, 0.25) is 17.7 Å². The molecule has 3 amide bonds. The molecule has 4 rings (SSSR count). The molecular formula is C21H19ClFN3O3. The molecule has 0 bridgehead atoms. The number of hydrogen-bond acceptors (Lipinski definition) is 3. The van der Waals surface area contributed by atoms with E-state index in [1.165, 1.54) is 17.0 Å². The normalized spacial score (nSPS) is 23.3. The molecule has 3 N–H and O–H groups in total. The highest BCUT2D eigenvalue weighted by Gasteiger charge is 2.57. The van der Waals surface area contributed by atoms with Crippen molar-refractivity contribution in [2.45, 2.75) is 24.7 Å². The number of fused-ring (bicyclic) bond motifs is 2. The zero-order chi connectivity index (χ0) is 20.9. The van der Waals surface area contributed by atoms with Crippen molar-refractivity contribution in [2.75, 3.05) is 18.4 Å². The summed E-state index contributed by atoms with van der Waals surface area (Å²) in [4.78, 5) is 38.9. The second-order valence-corrected chi connectivity index (χ2v) is 8.03. The molecule has 0 saturated carbocycles. The number of benzene rings is 2. The number of rotatable bonds is 3. The Hall–Kier alpha value is -2.93. The number of nitrogens with zero attached hydrogens (tertiary/aromatic N) is 1. The van der Waals surface area contributed by atoms with Gasteiger partial charge in [0.15, 0.2) is 0 Å². The lowest BCUT2D eigenvalue weighted by molar-refractivity contribution is -0.142. The maximum absolute atomic E-state index is 14.1. The number of carbonyl (C=O) groups excluding carboxylic acids is 3. The van der Waals surface area contributed by atoms with Crippen LogP contribution in [0.2, 0.25) is 5.02 Å². The van der Waals surface area contributed by atoms with Gasteiger partial charge in [-0.1, -0.05) is 23.7 Å². The molecule has 0 unspecified atom stereocenters. The van der Waals surface area contributed by atoms with E-state index in [0.717, 1.165) is 5.56 Å². The minimum Gasteiger partial charge on any atom is -0.368 e. The number of halogens is 2. The number of nitrogens with two attached hydrogens (primary N) is 1. The van der Waals surface area contributed by atoms with Crippen molar-refractivity contribution in [2.24, 2.45) is 5.73 Å². The number of primary amides is 1. The molecule has 1 fully saturated rings. The lowest BCUT2D eigenvalue weighted by Gasteiger charge is -2.45. The molecule has 2 aromatic rings. The van der Waals surface area contributed by atoms with Crippen molar-refractivity contribution in [1.29, 1.82) is 0 Å². The van der Waals surface area contributed by atoms with Gasteiger partial charge in [-0.05, 0) is 47.9 Å². The Balaban J connectivity index is 1.93. The fourth-order valence-electron chi connectivity index (χ4n) is 4.54. The molecule has 6 nitrogen and oxygen atoms in total. The van der Waals surface area contributed by atoms with E-state index in [-0.39, 0.29) is 31.3 Å². The Bertz CT molecular complexity index is 1060. The summed E-state index contributed by atoms with van der Waals surface area (Å²) in [5, 5.41) is 3.31. The fraction of sp³-hybridized carbons (Fsp3) is 0.286. The third-order valence-electron chi connectivity index (χ3n) is 5.85. The lowest BCUT2D eigenvalue weighted by Crippen LogP contribution is -2.57. The molecule has 150 valence electrons. The van der Waals surface area contributed by atoms with Gasteiger partial charge >= 0.3 is 0 Å². The highest BCUT2D eigenvalue weighted by Crippen LogP contribution is 2.52. The van der Waals surface area contributed by atoms with E-state index in [9.17, 15) is 18.8 Å². The lowest BCUT2D eigenvalue weighted by atomic mass is 9.63. The molecule has 2 aliphatic rings. The first kappa shape index (κ1) is 19.4. The second kappa shape index (κ2) is 6.84. The number of piperidine rings is 1. The topological polar surface area (TPSA) is 92.5 Å². The zero-order valence-corrected chi connectivity index (χ0v) is 16.4. The molecule has 1 spiro atoms. The Morgan fingerprint density at radius 3 is 2.79 bits per heavy atom. The van der Waals surface area contributed by atoms with Gasteiger partial charge in [0, 0.05) is 29.6 Å². The van der Waals surface area contributed by atoms with E-state index in [0.29, 0.717) is 21.8 Å². The zero-order valence-electron chi connectivity index (χ0n) is 15.7. The molecule has 0 radical (unpaired) electrons. The van der Waals surface area contributed by atoms with Crippen LogP contribution in [0, 0.1) is 12.7 Å². The smallest absolute Gasteiger partial charge is 0.237 e. The Labute approximate surface area is 171 Å². The van der Waals surface area contributed by atoms with E-state index in [1.54, 1.807) is 24.3 Å². The van der Waals surface area contributed by atoms with Crippen molar-refractivity contribution in [3.8, 4) is 0 Å². The van der Waals surface area contributed by atoms with E-state index >= 15 is 0 Å². The van der Waals surface area contributed by atoms with Crippen LogP contribution < -0.4 is 11.1 Å². The van der Waals surface area contributed by atoms with Crippen molar-refractivity contribution in [3.63, 3.8) is 0 Å². The van der Waals surface area contributed by atoms with Crippen molar-refractivity contribution >= 4 is 35.0 Å². The molecule has 2 atom stereocenters. The molecule has 29 heavy (non-hydrogen) atoms. The number of carbonyl (C=O) groups is 3. The summed E-state index contributed by atoms with van der Waals surface area (Å²) in [6, 6.07) is 9.42. The van der Waals surface area contributed by atoms with Crippen LogP contribution in [0.4, 0.5) is 10.1 Å². The van der Waals surface area contributed by atoms with Gasteiger partial charge in [0.05, 0.1) is 6.54 Å². The molecule has 8 heteroatoms. The molecular weight excluding hydrogens is 397 g/mol. The second-order valence-electron chi connectivity index (χ2n) is 7.59. The van der Waals surface area contributed by atoms with Gasteiger partial charge in [-0.25, -0.2) is 4.39 Å². The molecule has 0 aliphatic carbocycles. The van der Waals surface area contributed by atoms with Crippen LogP contribution in [0.25, 0.3) is 0 Å². The molecule has 2 aliphatic heterocycles. The monoisotopic (exact) mass is 415 g/mol. The van der Waals surface area contributed by atoms with Gasteiger partial charge in [-0.2, -0.15) is 0 Å². The maximum Gasteiger partial charge on any atom is 0.237 e. The summed E-state index contributed by atoms with van der Waals surface area (Å²) >= 11 is 6.09. The van der Waals surface area contributed by atoms with Crippen LogP contribution >= 0.6 is 11.6 Å². The molecule has 2 aromatic carbocycles. The molecule has 1 saturated heterocycles. The summed E-state index contributed by atoms with van der Waals surface area (Å²) in [5.41, 5.74) is 6.72. The maximum atomic E-state index is 14.1. The number of anilines is 1. The average molecular weight is 416 g/mol. The Morgan fingerprint density at radius 2 is 2.07 bits per heavy atom. The van der Waals surface area contributed by atoms with Gasteiger partial charge in [-0.3, -0.25) is 14.4 Å². The fourth-order valence-corrected chi connectivity index (χ4v) is 4.71. The van der Waals surface area contributed by atoms with Crippen LogP contribution in [0.15, 0.2) is 36.4 Å².